The Labute approximate surface area is 125 Å². The lowest BCUT2D eigenvalue weighted by molar-refractivity contribution is 0.0428. The summed E-state index contributed by atoms with van der Waals surface area (Å²) in [6.07, 6.45) is 0.0206. The molecule has 0 fully saturated rings. The van der Waals surface area contributed by atoms with Crippen LogP contribution >= 0.6 is 0 Å². The summed E-state index contributed by atoms with van der Waals surface area (Å²) < 4.78 is 23.9. The Morgan fingerprint density at radius 3 is 2.71 bits per heavy atom. The second-order valence-corrected chi connectivity index (χ2v) is 5.12. The molecular formula is C15H25FN2O3. The van der Waals surface area contributed by atoms with Gasteiger partial charge >= 0.3 is 0 Å². The van der Waals surface area contributed by atoms with E-state index < -0.39 is 12.1 Å². The summed E-state index contributed by atoms with van der Waals surface area (Å²) in [6.45, 7) is 1.41. The van der Waals surface area contributed by atoms with Crippen LogP contribution in [0.1, 0.15) is 18.0 Å². The fourth-order valence-corrected chi connectivity index (χ4v) is 2.26. The molecule has 0 aliphatic carbocycles. The second-order valence-electron chi connectivity index (χ2n) is 5.12. The molecule has 3 N–H and O–H groups in total. The molecule has 2 atom stereocenters. The molecule has 6 heteroatoms. The minimum atomic E-state index is -0.542. The number of likely N-dealkylation sites (N-methyl/N-ethyl adjacent to an activating group) is 1. The fraction of sp³-hybridized carbons (Fsp3) is 0.600. The Morgan fingerprint density at radius 1 is 1.38 bits per heavy atom. The zero-order chi connectivity index (χ0) is 15.8. The van der Waals surface area contributed by atoms with Crippen molar-refractivity contribution in [1.82, 2.24) is 4.90 Å². The van der Waals surface area contributed by atoms with Crippen molar-refractivity contribution >= 4 is 0 Å². The number of aliphatic hydroxyl groups is 1. The van der Waals surface area contributed by atoms with Crippen molar-refractivity contribution < 1.29 is 19.0 Å². The zero-order valence-corrected chi connectivity index (χ0v) is 12.9. The molecule has 120 valence electrons. The number of nitrogens with two attached hydrogens (primary N) is 1. The Balaban J connectivity index is 2.56. The van der Waals surface area contributed by atoms with Crippen molar-refractivity contribution in [2.75, 3.05) is 41.0 Å². The van der Waals surface area contributed by atoms with Crippen LogP contribution < -0.4 is 10.5 Å². The van der Waals surface area contributed by atoms with Gasteiger partial charge in [0.2, 0.25) is 0 Å². The third-order valence-corrected chi connectivity index (χ3v) is 3.31. The van der Waals surface area contributed by atoms with Crippen LogP contribution in [0.5, 0.6) is 5.75 Å². The maximum Gasteiger partial charge on any atom is 0.131 e. The summed E-state index contributed by atoms with van der Waals surface area (Å²) in [6, 6.07) is 4.22. The van der Waals surface area contributed by atoms with Crippen molar-refractivity contribution in [3.8, 4) is 5.75 Å². The summed E-state index contributed by atoms with van der Waals surface area (Å²) in [7, 11) is 4.92. The van der Waals surface area contributed by atoms with Crippen molar-refractivity contribution in [2.45, 2.75) is 18.6 Å². The van der Waals surface area contributed by atoms with E-state index in [9.17, 15) is 9.50 Å². The van der Waals surface area contributed by atoms with Gasteiger partial charge in [0.15, 0.2) is 0 Å². The van der Waals surface area contributed by atoms with Gasteiger partial charge in [-0.05, 0) is 32.1 Å². The quantitative estimate of drug-likeness (QED) is 0.716. The van der Waals surface area contributed by atoms with Gasteiger partial charge in [-0.25, -0.2) is 4.39 Å². The van der Waals surface area contributed by atoms with Crippen LogP contribution in [0.25, 0.3) is 0 Å². The molecule has 1 aromatic rings. The van der Waals surface area contributed by atoms with Crippen LogP contribution in [0, 0.1) is 5.82 Å². The average molecular weight is 300 g/mol. The van der Waals surface area contributed by atoms with Crippen molar-refractivity contribution in [3.63, 3.8) is 0 Å². The van der Waals surface area contributed by atoms with E-state index in [0.717, 1.165) is 0 Å². The molecule has 0 saturated heterocycles. The van der Waals surface area contributed by atoms with Crippen molar-refractivity contribution in [3.05, 3.63) is 29.6 Å². The van der Waals surface area contributed by atoms with Gasteiger partial charge in [-0.1, -0.05) is 6.07 Å². The first-order chi connectivity index (χ1) is 9.99. The molecule has 1 aromatic carbocycles. The van der Waals surface area contributed by atoms with E-state index >= 15 is 0 Å². The normalized spacial score (nSPS) is 14.2. The first kappa shape index (κ1) is 17.8. The molecule has 0 aromatic heterocycles. The average Bonchev–Trinajstić information content (AvgIpc) is 2.44. The monoisotopic (exact) mass is 300 g/mol. The van der Waals surface area contributed by atoms with Gasteiger partial charge in [-0.2, -0.15) is 0 Å². The topological polar surface area (TPSA) is 68.0 Å². The molecule has 2 unspecified atom stereocenters. The van der Waals surface area contributed by atoms with E-state index in [1.807, 2.05) is 11.9 Å². The Kier molecular flexibility index (Phi) is 7.60. The van der Waals surface area contributed by atoms with E-state index in [1.165, 1.54) is 13.2 Å². The third-order valence-electron chi connectivity index (χ3n) is 3.31. The minimum Gasteiger partial charge on any atom is -0.496 e. The van der Waals surface area contributed by atoms with Gasteiger partial charge in [-0.3, -0.25) is 0 Å². The van der Waals surface area contributed by atoms with Gasteiger partial charge in [0.05, 0.1) is 19.8 Å². The Hall–Kier alpha value is -1.21. The lowest BCUT2D eigenvalue weighted by Crippen LogP contribution is -2.33. The van der Waals surface area contributed by atoms with E-state index in [-0.39, 0.29) is 12.4 Å². The molecule has 0 aliphatic rings. The number of hydrogen-bond donors (Lipinski definition) is 2. The highest BCUT2D eigenvalue weighted by Crippen LogP contribution is 2.28. The summed E-state index contributed by atoms with van der Waals surface area (Å²) in [5, 5.41) is 9.65. The summed E-state index contributed by atoms with van der Waals surface area (Å²) in [4.78, 5) is 1.94. The largest absolute Gasteiger partial charge is 0.496 e. The summed E-state index contributed by atoms with van der Waals surface area (Å²) >= 11 is 0. The highest BCUT2D eigenvalue weighted by atomic mass is 19.1. The molecule has 0 bridgehead atoms. The lowest BCUT2D eigenvalue weighted by atomic mass is 10.0. The number of hydrogen-bond acceptors (Lipinski definition) is 5. The number of benzene rings is 1. The first-order valence-electron chi connectivity index (χ1n) is 6.93. The molecule has 0 amide bonds. The van der Waals surface area contributed by atoms with Gasteiger partial charge in [0.1, 0.15) is 11.6 Å². The van der Waals surface area contributed by atoms with E-state index in [4.69, 9.17) is 15.2 Å². The molecule has 0 radical (unpaired) electrons. The van der Waals surface area contributed by atoms with Crippen molar-refractivity contribution in [2.24, 2.45) is 5.73 Å². The zero-order valence-electron chi connectivity index (χ0n) is 12.9. The van der Waals surface area contributed by atoms with Crippen LogP contribution in [-0.2, 0) is 4.74 Å². The molecule has 0 heterocycles. The summed E-state index contributed by atoms with van der Waals surface area (Å²) in [5.74, 6) is 0.105. The SMILES string of the molecule is COCC(O)CN(C)CCC(N)c1c(F)cccc1OC. The number of aliphatic hydroxyl groups excluding tert-OH is 1. The first-order valence-corrected chi connectivity index (χ1v) is 6.93. The fourth-order valence-electron chi connectivity index (χ4n) is 2.26. The molecule has 0 saturated carbocycles. The van der Waals surface area contributed by atoms with Gasteiger partial charge in [0, 0.05) is 25.3 Å². The Bertz CT molecular complexity index is 431. The number of rotatable bonds is 9. The van der Waals surface area contributed by atoms with Gasteiger partial charge < -0.3 is 25.2 Å². The Morgan fingerprint density at radius 2 is 2.10 bits per heavy atom. The van der Waals surface area contributed by atoms with Gasteiger partial charge in [0.25, 0.3) is 0 Å². The number of methoxy groups -OCH3 is 2. The maximum absolute atomic E-state index is 13.9. The molecule has 21 heavy (non-hydrogen) atoms. The number of nitrogens with zero attached hydrogens (tertiary/aromatic N) is 1. The van der Waals surface area contributed by atoms with Crippen LogP contribution in [0.4, 0.5) is 4.39 Å². The van der Waals surface area contributed by atoms with E-state index in [2.05, 4.69) is 0 Å². The molecule has 1 rings (SSSR count). The van der Waals surface area contributed by atoms with Crippen LogP contribution in [0.15, 0.2) is 18.2 Å². The third kappa shape index (κ3) is 5.59. The molecular weight excluding hydrogens is 275 g/mol. The molecule has 0 aliphatic heterocycles. The highest BCUT2D eigenvalue weighted by Gasteiger charge is 2.18. The van der Waals surface area contributed by atoms with Crippen LogP contribution in [0.3, 0.4) is 0 Å². The van der Waals surface area contributed by atoms with Crippen molar-refractivity contribution in [1.29, 1.82) is 0 Å². The minimum absolute atomic E-state index is 0.289. The second kappa shape index (κ2) is 8.94. The lowest BCUT2D eigenvalue weighted by Gasteiger charge is -2.23. The highest BCUT2D eigenvalue weighted by molar-refractivity contribution is 5.37. The number of halogens is 1. The smallest absolute Gasteiger partial charge is 0.131 e. The standard InChI is InChI=1S/C15H25FN2O3/c1-18(9-11(19)10-20-2)8-7-13(17)15-12(16)5-4-6-14(15)21-3/h4-6,11,13,19H,7-10,17H2,1-3H3. The predicted molar refractivity (Wildman–Crippen MR) is 79.9 cm³/mol. The van der Waals surface area contributed by atoms with E-state index in [0.29, 0.717) is 30.8 Å². The molecule has 5 nitrogen and oxygen atoms in total. The summed E-state index contributed by atoms with van der Waals surface area (Å²) in [5.41, 5.74) is 6.47. The van der Waals surface area contributed by atoms with Crippen LogP contribution in [-0.4, -0.2) is 57.1 Å². The van der Waals surface area contributed by atoms with E-state index in [1.54, 1.807) is 19.2 Å². The van der Waals surface area contributed by atoms with Crippen LogP contribution in [0.2, 0.25) is 0 Å². The molecule has 0 spiro atoms. The number of ether oxygens (including phenoxy) is 2. The van der Waals surface area contributed by atoms with Gasteiger partial charge in [-0.15, -0.1) is 0 Å². The predicted octanol–water partition coefficient (Wildman–Crippen LogP) is 1.16. The maximum atomic E-state index is 13.9.